The number of carbonyl (C=O) groups excluding carboxylic acids is 1. The summed E-state index contributed by atoms with van der Waals surface area (Å²) in [4.78, 5) is 20.4. The summed E-state index contributed by atoms with van der Waals surface area (Å²) < 4.78 is 18.6. The van der Waals surface area contributed by atoms with E-state index in [2.05, 4.69) is 22.2 Å². The number of nitrogens with one attached hydrogen (secondary N) is 1. The Kier molecular flexibility index (Phi) is 4.87. The van der Waals surface area contributed by atoms with E-state index < -0.39 is 0 Å². The van der Waals surface area contributed by atoms with Gasteiger partial charge in [0.05, 0.1) is 5.69 Å². The van der Waals surface area contributed by atoms with Gasteiger partial charge in [0, 0.05) is 30.0 Å². The van der Waals surface area contributed by atoms with Crippen LogP contribution in [-0.2, 0) is 13.0 Å². The molecule has 0 radical (unpaired) electrons. The number of carbonyl (C=O) groups is 1. The number of benzene rings is 2. The van der Waals surface area contributed by atoms with Crippen LogP contribution in [0.1, 0.15) is 20.9 Å². The van der Waals surface area contributed by atoms with E-state index in [0.29, 0.717) is 22.2 Å². The van der Waals surface area contributed by atoms with Gasteiger partial charge in [-0.15, -0.1) is 11.3 Å². The number of thiazole rings is 1. The maximum atomic E-state index is 12.9. The van der Waals surface area contributed by atoms with Crippen LogP contribution in [0.5, 0.6) is 11.5 Å². The van der Waals surface area contributed by atoms with E-state index in [1.54, 1.807) is 36.4 Å². The summed E-state index contributed by atoms with van der Waals surface area (Å²) in [6.07, 6.45) is 0.910. The van der Waals surface area contributed by atoms with Crippen molar-refractivity contribution in [3.05, 3.63) is 70.5 Å². The molecule has 0 atom stereocenters. The fourth-order valence-corrected chi connectivity index (χ4v) is 3.94. The van der Waals surface area contributed by atoms with Crippen LogP contribution in [0.3, 0.4) is 0 Å². The highest BCUT2D eigenvalue weighted by molar-refractivity contribution is 7.15. The molecule has 1 aromatic heterocycles. The van der Waals surface area contributed by atoms with Gasteiger partial charge in [0.2, 0.25) is 0 Å². The zero-order valence-corrected chi connectivity index (χ0v) is 15.6. The lowest BCUT2D eigenvalue weighted by Crippen LogP contribution is -2.25. The minimum atomic E-state index is -0.315. The number of hydrogen-bond acceptors (Lipinski definition) is 5. The molecular weight excluding hydrogens is 365 g/mol. The maximum absolute atomic E-state index is 12.9. The monoisotopic (exact) mass is 383 g/mol. The lowest BCUT2D eigenvalue weighted by Gasteiger charge is -2.20. The van der Waals surface area contributed by atoms with Gasteiger partial charge in [-0.25, -0.2) is 9.37 Å². The molecule has 1 N–H and O–H groups in total. The quantitative estimate of drug-likeness (QED) is 0.729. The van der Waals surface area contributed by atoms with E-state index in [1.165, 1.54) is 28.3 Å². The van der Waals surface area contributed by atoms with Gasteiger partial charge in [0.25, 0.3) is 5.91 Å². The number of ether oxygens (including phenoxy) is 1. The number of fused-ring (bicyclic) bond motifs is 1. The molecular formula is C20H18FN3O2S. The van der Waals surface area contributed by atoms with Gasteiger partial charge < -0.3 is 9.64 Å². The first-order valence-corrected chi connectivity index (χ1v) is 9.40. The van der Waals surface area contributed by atoms with Crippen LogP contribution in [0, 0.1) is 5.82 Å². The second-order valence-electron chi connectivity index (χ2n) is 6.41. The second-order valence-corrected chi connectivity index (χ2v) is 7.49. The number of amides is 1. The zero-order valence-electron chi connectivity index (χ0n) is 14.7. The fourth-order valence-electron chi connectivity index (χ4n) is 2.86. The molecule has 1 amide bonds. The van der Waals surface area contributed by atoms with Crippen molar-refractivity contribution in [3.8, 4) is 11.5 Å². The molecule has 0 spiro atoms. The van der Waals surface area contributed by atoms with Crippen LogP contribution in [-0.4, -0.2) is 29.4 Å². The van der Waals surface area contributed by atoms with Crippen LogP contribution in [0.2, 0.25) is 0 Å². The molecule has 0 aliphatic carbocycles. The van der Waals surface area contributed by atoms with Gasteiger partial charge in [-0.1, -0.05) is 0 Å². The van der Waals surface area contributed by atoms with Crippen molar-refractivity contribution in [2.24, 2.45) is 0 Å². The summed E-state index contributed by atoms with van der Waals surface area (Å²) in [6.45, 7) is 1.86. The van der Waals surface area contributed by atoms with Crippen LogP contribution in [0.25, 0.3) is 0 Å². The van der Waals surface area contributed by atoms with Gasteiger partial charge >= 0.3 is 0 Å². The molecule has 4 rings (SSSR count). The summed E-state index contributed by atoms with van der Waals surface area (Å²) >= 11 is 1.53. The lowest BCUT2D eigenvalue weighted by atomic mass is 10.2. The van der Waals surface area contributed by atoms with Gasteiger partial charge in [-0.2, -0.15) is 0 Å². The van der Waals surface area contributed by atoms with Crippen LogP contribution < -0.4 is 10.1 Å². The molecule has 138 valence electrons. The molecule has 0 unspecified atom stereocenters. The SMILES string of the molecule is CN1CCc2nc(NC(=O)c3ccc(Oc4ccc(F)cc4)cc3)sc2C1. The minimum Gasteiger partial charge on any atom is -0.457 e. The Balaban J connectivity index is 1.41. The van der Waals surface area contributed by atoms with Crippen molar-refractivity contribution in [2.75, 3.05) is 18.9 Å². The third-order valence-corrected chi connectivity index (χ3v) is 5.31. The lowest BCUT2D eigenvalue weighted by molar-refractivity contribution is 0.102. The third-order valence-electron chi connectivity index (χ3n) is 4.31. The Morgan fingerprint density at radius 1 is 1.15 bits per heavy atom. The average Bonchev–Trinajstić information content (AvgIpc) is 3.05. The van der Waals surface area contributed by atoms with E-state index >= 15 is 0 Å². The Morgan fingerprint density at radius 3 is 2.52 bits per heavy atom. The van der Waals surface area contributed by atoms with Gasteiger partial charge in [0.1, 0.15) is 17.3 Å². The average molecular weight is 383 g/mol. The highest BCUT2D eigenvalue weighted by atomic mass is 32.1. The molecule has 1 aliphatic rings. The molecule has 5 nitrogen and oxygen atoms in total. The molecule has 0 saturated carbocycles. The molecule has 0 fully saturated rings. The van der Waals surface area contributed by atoms with E-state index in [0.717, 1.165) is 25.2 Å². The maximum Gasteiger partial charge on any atom is 0.257 e. The smallest absolute Gasteiger partial charge is 0.257 e. The first-order chi connectivity index (χ1) is 13.1. The van der Waals surface area contributed by atoms with Crippen molar-refractivity contribution in [1.82, 2.24) is 9.88 Å². The van der Waals surface area contributed by atoms with Crippen molar-refractivity contribution in [2.45, 2.75) is 13.0 Å². The predicted octanol–water partition coefficient (Wildman–Crippen LogP) is 4.31. The van der Waals surface area contributed by atoms with E-state index in [4.69, 9.17) is 4.74 Å². The Morgan fingerprint density at radius 2 is 1.81 bits per heavy atom. The topological polar surface area (TPSA) is 54.5 Å². The number of rotatable bonds is 4. The minimum absolute atomic E-state index is 0.206. The third kappa shape index (κ3) is 4.15. The van der Waals surface area contributed by atoms with Crippen molar-refractivity contribution in [3.63, 3.8) is 0 Å². The Bertz CT molecular complexity index is 954. The molecule has 2 heterocycles. The van der Waals surface area contributed by atoms with Gasteiger partial charge in [0.15, 0.2) is 5.13 Å². The molecule has 3 aromatic rings. The number of aromatic nitrogens is 1. The second kappa shape index (κ2) is 7.46. The summed E-state index contributed by atoms with van der Waals surface area (Å²) in [5.41, 5.74) is 1.60. The normalized spacial score (nSPS) is 13.9. The Labute approximate surface area is 160 Å². The van der Waals surface area contributed by atoms with Crippen LogP contribution >= 0.6 is 11.3 Å². The molecule has 1 aliphatic heterocycles. The van der Waals surface area contributed by atoms with Gasteiger partial charge in [-0.05, 0) is 55.6 Å². The Hall–Kier alpha value is -2.77. The first kappa shape index (κ1) is 17.6. The molecule has 27 heavy (non-hydrogen) atoms. The number of likely N-dealkylation sites (N-methyl/N-ethyl adjacent to an activating group) is 1. The molecule has 0 saturated heterocycles. The summed E-state index contributed by atoms with van der Waals surface area (Å²) in [7, 11) is 2.08. The number of nitrogens with zero attached hydrogens (tertiary/aromatic N) is 2. The van der Waals surface area contributed by atoms with Crippen molar-refractivity contribution >= 4 is 22.4 Å². The van der Waals surface area contributed by atoms with Gasteiger partial charge in [-0.3, -0.25) is 10.1 Å². The van der Waals surface area contributed by atoms with Crippen LogP contribution in [0.15, 0.2) is 48.5 Å². The number of anilines is 1. The summed E-state index contributed by atoms with van der Waals surface area (Å²) in [6, 6.07) is 12.6. The van der Waals surface area contributed by atoms with E-state index in [1.807, 2.05) is 0 Å². The van der Waals surface area contributed by atoms with E-state index in [-0.39, 0.29) is 11.7 Å². The highest BCUT2D eigenvalue weighted by Crippen LogP contribution is 2.28. The highest BCUT2D eigenvalue weighted by Gasteiger charge is 2.19. The van der Waals surface area contributed by atoms with Crippen LogP contribution in [0.4, 0.5) is 9.52 Å². The number of hydrogen-bond donors (Lipinski definition) is 1. The molecule has 7 heteroatoms. The standard InChI is InChI=1S/C20H18FN3O2S/c1-24-11-10-17-18(12-24)27-20(22-17)23-19(25)13-2-6-15(7-3-13)26-16-8-4-14(21)5-9-16/h2-9H,10-12H2,1H3,(H,22,23,25). The van der Waals surface area contributed by atoms with Crippen molar-refractivity contribution in [1.29, 1.82) is 0 Å². The fraction of sp³-hybridized carbons (Fsp3) is 0.200. The van der Waals surface area contributed by atoms with E-state index in [9.17, 15) is 9.18 Å². The summed E-state index contributed by atoms with van der Waals surface area (Å²) in [5, 5.41) is 3.50. The first-order valence-electron chi connectivity index (χ1n) is 8.59. The van der Waals surface area contributed by atoms with Crippen molar-refractivity contribution < 1.29 is 13.9 Å². The number of halogens is 1. The molecule has 2 aromatic carbocycles. The zero-order chi connectivity index (χ0) is 18.8. The largest absolute Gasteiger partial charge is 0.457 e. The molecule has 0 bridgehead atoms. The summed E-state index contributed by atoms with van der Waals surface area (Å²) in [5.74, 6) is 0.588. The predicted molar refractivity (Wildman–Crippen MR) is 103 cm³/mol.